The van der Waals surface area contributed by atoms with Crippen molar-refractivity contribution < 1.29 is 36.6 Å². The molecule has 0 saturated heterocycles. The van der Waals surface area contributed by atoms with Crippen LogP contribution in [0, 0.1) is 5.82 Å². The Bertz CT molecular complexity index is 954. The van der Waals surface area contributed by atoms with E-state index in [1.165, 1.54) is 18.3 Å². The van der Waals surface area contributed by atoms with Gasteiger partial charge >= 0.3 is 0 Å². The summed E-state index contributed by atoms with van der Waals surface area (Å²) in [6.45, 7) is -0.264. The van der Waals surface area contributed by atoms with Gasteiger partial charge in [-0.2, -0.15) is 15.2 Å². The van der Waals surface area contributed by atoms with Gasteiger partial charge in [-0.25, -0.2) is 26.6 Å². The maximum atomic E-state index is 13.2. The normalized spacial score (nSPS) is 19.2. The second-order valence-electron chi connectivity index (χ2n) is 5.95. The van der Waals surface area contributed by atoms with E-state index in [1.54, 1.807) is 0 Å². The maximum Gasteiger partial charge on any atom is 0.297 e. The molecule has 1 aromatic carbocycles. The Kier molecular flexibility index (Phi) is 5.75. The van der Waals surface area contributed by atoms with E-state index in [0.29, 0.717) is 0 Å². The van der Waals surface area contributed by atoms with Gasteiger partial charge in [0, 0.05) is 18.7 Å². The lowest BCUT2D eigenvalue weighted by Gasteiger charge is -2.29. The molecule has 1 aliphatic heterocycles. The summed E-state index contributed by atoms with van der Waals surface area (Å²) < 4.78 is 71.6. The number of alkyl halides is 4. The van der Waals surface area contributed by atoms with Crippen LogP contribution in [0.5, 0.6) is 5.75 Å². The van der Waals surface area contributed by atoms with Crippen molar-refractivity contribution in [1.29, 1.82) is 0 Å². The summed E-state index contributed by atoms with van der Waals surface area (Å²) in [7, 11) is 0. The Hall–Kier alpha value is -2.73. The maximum absolute atomic E-state index is 13.2. The fourth-order valence-corrected chi connectivity index (χ4v) is 2.64. The van der Waals surface area contributed by atoms with Gasteiger partial charge < -0.3 is 9.84 Å². The largest absolute Gasteiger partial charge is 0.471 e. The number of hydrogen-bond acceptors (Lipinski definition) is 5. The van der Waals surface area contributed by atoms with Crippen LogP contribution in [0.1, 0.15) is 16.9 Å². The highest BCUT2D eigenvalue weighted by atomic mass is 35.5. The van der Waals surface area contributed by atoms with Crippen molar-refractivity contribution in [3.8, 4) is 5.75 Å². The Morgan fingerprint density at radius 3 is 2.66 bits per heavy atom. The molecule has 1 aromatic heterocycles. The molecule has 7 nitrogen and oxygen atoms in total. The summed E-state index contributed by atoms with van der Waals surface area (Å²) in [5, 5.41) is 16.7. The Labute approximate surface area is 164 Å². The number of halogens is 6. The first-order valence-electron chi connectivity index (χ1n) is 7.93. The number of aliphatic hydroxyl groups is 1. The monoisotopic (exact) mass is 438 g/mol. The molecule has 2 heterocycles. The molecule has 2 aromatic rings. The number of hydrazone groups is 1. The quantitative estimate of drug-likeness (QED) is 0.703. The van der Waals surface area contributed by atoms with Gasteiger partial charge in [-0.05, 0) is 18.2 Å². The molecule has 0 radical (unpaired) electrons. The van der Waals surface area contributed by atoms with Crippen LogP contribution in [0.4, 0.5) is 22.0 Å². The molecule has 156 valence electrons. The lowest BCUT2D eigenvalue weighted by Crippen LogP contribution is -2.51. The standard InChI is InChI=1S/C16H12ClF5N4O3/c17-9-5-8(1-2-10(9)18)29-7-25-4-3-11(23-25)14(27)26-16(28,15(21)22)6-12(24-26)13(19)20/h1-5,13,15,28H,6-7H2/t16-/m0/s1. The van der Waals surface area contributed by atoms with E-state index in [0.717, 1.165) is 16.8 Å². The second-order valence-corrected chi connectivity index (χ2v) is 6.36. The number of hydrogen-bond donors (Lipinski definition) is 1. The summed E-state index contributed by atoms with van der Waals surface area (Å²) >= 11 is 5.62. The van der Waals surface area contributed by atoms with Gasteiger partial charge in [-0.1, -0.05) is 11.6 Å². The first-order valence-corrected chi connectivity index (χ1v) is 8.31. The van der Waals surface area contributed by atoms with Crippen LogP contribution < -0.4 is 4.74 Å². The highest BCUT2D eigenvalue weighted by Crippen LogP contribution is 2.34. The zero-order valence-corrected chi connectivity index (χ0v) is 15.0. The smallest absolute Gasteiger partial charge is 0.297 e. The van der Waals surface area contributed by atoms with Gasteiger partial charge in [0.1, 0.15) is 17.3 Å². The zero-order valence-electron chi connectivity index (χ0n) is 14.3. The van der Waals surface area contributed by atoms with Gasteiger partial charge in [-0.3, -0.25) is 4.79 Å². The van der Waals surface area contributed by atoms with E-state index in [-0.39, 0.29) is 22.5 Å². The predicted molar refractivity (Wildman–Crippen MR) is 89.4 cm³/mol. The van der Waals surface area contributed by atoms with E-state index in [9.17, 15) is 31.9 Å². The second kappa shape index (κ2) is 7.95. The topological polar surface area (TPSA) is 80.0 Å². The average molecular weight is 439 g/mol. The summed E-state index contributed by atoms with van der Waals surface area (Å²) in [5.74, 6) is -1.75. The van der Waals surface area contributed by atoms with Crippen LogP contribution in [-0.2, 0) is 6.73 Å². The molecule has 1 N–H and O–H groups in total. The molecule has 0 saturated carbocycles. The number of benzene rings is 1. The summed E-state index contributed by atoms with van der Waals surface area (Å²) in [6, 6.07) is 4.68. The van der Waals surface area contributed by atoms with Crippen molar-refractivity contribution in [3.63, 3.8) is 0 Å². The molecule has 29 heavy (non-hydrogen) atoms. The van der Waals surface area contributed by atoms with Crippen molar-refractivity contribution in [2.75, 3.05) is 0 Å². The van der Waals surface area contributed by atoms with E-state index in [4.69, 9.17) is 16.3 Å². The number of nitrogens with zero attached hydrogens (tertiary/aromatic N) is 4. The molecule has 1 amide bonds. The zero-order chi connectivity index (χ0) is 21.3. The molecule has 0 bridgehead atoms. The van der Waals surface area contributed by atoms with Crippen molar-refractivity contribution >= 4 is 23.2 Å². The van der Waals surface area contributed by atoms with Gasteiger partial charge in [0.05, 0.1) is 5.02 Å². The molecule has 3 rings (SSSR count). The first-order chi connectivity index (χ1) is 13.6. The number of amides is 1. The predicted octanol–water partition coefficient (Wildman–Crippen LogP) is 3.13. The number of carbonyl (C=O) groups is 1. The molecule has 0 fully saturated rings. The summed E-state index contributed by atoms with van der Waals surface area (Å²) in [4.78, 5) is 12.4. The summed E-state index contributed by atoms with van der Waals surface area (Å²) in [6.07, 6.45) is -6.71. The van der Waals surface area contributed by atoms with E-state index < -0.39 is 48.1 Å². The molecule has 0 aliphatic carbocycles. The van der Waals surface area contributed by atoms with Crippen LogP contribution in [0.25, 0.3) is 0 Å². The third kappa shape index (κ3) is 4.17. The van der Waals surface area contributed by atoms with Crippen LogP contribution in [0.15, 0.2) is 35.6 Å². The van der Waals surface area contributed by atoms with E-state index >= 15 is 0 Å². The highest BCUT2D eigenvalue weighted by Gasteiger charge is 2.53. The summed E-state index contributed by atoms with van der Waals surface area (Å²) in [5.41, 5.74) is -4.69. The fraction of sp³-hybridized carbons (Fsp3) is 0.312. The lowest BCUT2D eigenvalue weighted by molar-refractivity contribution is -0.164. The Balaban J connectivity index is 1.74. The molecule has 0 spiro atoms. The van der Waals surface area contributed by atoms with Crippen molar-refractivity contribution in [3.05, 3.63) is 47.0 Å². The minimum absolute atomic E-state index is 0.0908. The Morgan fingerprint density at radius 2 is 2.03 bits per heavy atom. The van der Waals surface area contributed by atoms with Crippen LogP contribution in [0.2, 0.25) is 5.02 Å². The van der Waals surface area contributed by atoms with Crippen molar-refractivity contribution in [2.24, 2.45) is 5.10 Å². The average Bonchev–Trinajstić information content (AvgIpc) is 3.28. The van der Waals surface area contributed by atoms with Gasteiger partial charge in [0.2, 0.25) is 5.72 Å². The molecular formula is C16H12ClF5N4O3. The number of ether oxygens (including phenoxy) is 1. The molecule has 1 atom stereocenters. The lowest BCUT2D eigenvalue weighted by atomic mass is 10.1. The molecule has 0 unspecified atom stereocenters. The van der Waals surface area contributed by atoms with E-state index in [2.05, 4.69) is 10.2 Å². The van der Waals surface area contributed by atoms with Gasteiger partial charge in [0.25, 0.3) is 18.8 Å². The van der Waals surface area contributed by atoms with Crippen LogP contribution in [0.3, 0.4) is 0 Å². The number of aromatic nitrogens is 2. The Morgan fingerprint density at radius 1 is 1.31 bits per heavy atom. The third-order valence-electron chi connectivity index (χ3n) is 3.94. The van der Waals surface area contributed by atoms with Gasteiger partial charge in [-0.15, -0.1) is 0 Å². The SMILES string of the molecule is O=C(c1ccn(COc2ccc(F)c(Cl)c2)n1)N1N=C(C(F)F)C[C@]1(O)C(F)F. The molecule has 1 aliphatic rings. The van der Waals surface area contributed by atoms with Gasteiger partial charge in [0.15, 0.2) is 12.4 Å². The van der Waals surface area contributed by atoms with Crippen molar-refractivity contribution in [2.45, 2.75) is 31.7 Å². The third-order valence-corrected chi connectivity index (χ3v) is 4.23. The number of rotatable bonds is 6. The number of carbonyl (C=O) groups excluding carboxylic acids is 1. The fourth-order valence-electron chi connectivity index (χ4n) is 2.47. The van der Waals surface area contributed by atoms with Crippen molar-refractivity contribution in [1.82, 2.24) is 14.8 Å². The van der Waals surface area contributed by atoms with Crippen LogP contribution in [-0.4, -0.2) is 50.1 Å². The van der Waals surface area contributed by atoms with E-state index in [1.807, 2.05) is 0 Å². The first kappa shape index (κ1) is 21.0. The minimum Gasteiger partial charge on any atom is -0.471 e. The minimum atomic E-state index is -3.54. The highest BCUT2D eigenvalue weighted by molar-refractivity contribution is 6.30. The molecule has 13 heteroatoms. The van der Waals surface area contributed by atoms with Crippen LogP contribution >= 0.6 is 11.6 Å². The molecular weight excluding hydrogens is 427 g/mol.